The van der Waals surface area contributed by atoms with Gasteiger partial charge in [-0.15, -0.1) is 0 Å². The van der Waals surface area contributed by atoms with Crippen LogP contribution >= 0.6 is 11.6 Å². The molecule has 0 fully saturated rings. The molecule has 4 rings (SSSR count). The smallest absolute Gasteiger partial charge is 0.270 e. The van der Waals surface area contributed by atoms with Crippen LogP contribution in [0.2, 0.25) is 5.02 Å². The fraction of sp³-hybridized carbons (Fsp3) is 0.217. The van der Waals surface area contributed by atoms with Crippen LogP contribution in [0, 0.1) is 0 Å². The van der Waals surface area contributed by atoms with Crippen LogP contribution in [0.4, 0.5) is 0 Å². The van der Waals surface area contributed by atoms with Crippen LogP contribution in [-0.4, -0.2) is 25.5 Å². The summed E-state index contributed by atoms with van der Waals surface area (Å²) in [5, 5.41) is 7.86. The topological polar surface area (TPSA) is 72.2 Å². The second kappa shape index (κ2) is 8.63. The number of nitrogens with one attached hydrogen (secondary N) is 1. The monoisotopic (exact) mass is 419 g/mol. The number of fused-ring (bicyclic) bond motifs is 1. The van der Waals surface area contributed by atoms with Gasteiger partial charge in [0.1, 0.15) is 12.0 Å². The van der Waals surface area contributed by atoms with Crippen molar-refractivity contribution >= 4 is 23.3 Å². The minimum absolute atomic E-state index is 0.154. The van der Waals surface area contributed by atoms with Gasteiger partial charge in [0, 0.05) is 10.6 Å². The Kier molecular flexibility index (Phi) is 5.77. The van der Waals surface area contributed by atoms with E-state index in [0.717, 1.165) is 24.0 Å². The van der Waals surface area contributed by atoms with Gasteiger partial charge in [-0.2, -0.15) is 14.6 Å². The Morgan fingerprint density at radius 2 is 1.87 bits per heavy atom. The van der Waals surface area contributed by atoms with E-state index in [0.29, 0.717) is 22.2 Å². The van der Waals surface area contributed by atoms with Gasteiger partial charge in [0.05, 0.1) is 11.7 Å². The predicted octanol–water partition coefficient (Wildman–Crippen LogP) is 4.89. The van der Waals surface area contributed by atoms with Crippen LogP contribution in [0.3, 0.4) is 0 Å². The Bertz CT molecular complexity index is 1170. The summed E-state index contributed by atoms with van der Waals surface area (Å²) < 4.78 is 1.45. The minimum Gasteiger partial charge on any atom is -0.344 e. The molecule has 0 bridgehead atoms. The molecule has 2 heterocycles. The lowest BCUT2D eigenvalue weighted by Gasteiger charge is -2.15. The molecule has 2 aromatic heterocycles. The van der Waals surface area contributed by atoms with Crippen molar-refractivity contribution in [3.05, 3.63) is 82.8 Å². The standard InChI is InChI=1S/C23H22ClN5O/c1-3-4-16-5-7-17(8-6-16)15(2)27-22(30)21-13-20(18-9-11-19(24)12-10-18)28-23-25-14-26-29(21)23/h5-15H,3-4H2,1-2H3,(H,27,30). The number of hydrogen-bond donors (Lipinski definition) is 1. The van der Waals surface area contributed by atoms with E-state index in [1.807, 2.05) is 19.1 Å². The van der Waals surface area contributed by atoms with Gasteiger partial charge in [0.25, 0.3) is 11.7 Å². The Morgan fingerprint density at radius 1 is 1.13 bits per heavy atom. The lowest BCUT2D eigenvalue weighted by molar-refractivity contribution is 0.0932. The summed E-state index contributed by atoms with van der Waals surface area (Å²) in [7, 11) is 0. The lowest BCUT2D eigenvalue weighted by atomic mass is 10.0. The third-order valence-corrected chi connectivity index (χ3v) is 5.24. The first kappa shape index (κ1) is 20.0. The number of amides is 1. The molecule has 0 radical (unpaired) electrons. The van der Waals surface area contributed by atoms with Gasteiger partial charge in [0.15, 0.2) is 0 Å². The maximum Gasteiger partial charge on any atom is 0.270 e. The van der Waals surface area contributed by atoms with E-state index >= 15 is 0 Å². The van der Waals surface area contributed by atoms with Crippen LogP contribution < -0.4 is 5.32 Å². The number of carbonyl (C=O) groups is 1. The molecule has 0 aliphatic carbocycles. The molecule has 152 valence electrons. The van der Waals surface area contributed by atoms with Crippen LogP contribution in [0.5, 0.6) is 0 Å². The molecule has 1 amide bonds. The Labute approximate surface area is 179 Å². The van der Waals surface area contributed by atoms with E-state index in [4.69, 9.17) is 11.6 Å². The second-order valence-corrected chi connectivity index (χ2v) is 7.63. The molecule has 0 aliphatic heterocycles. The summed E-state index contributed by atoms with van der Waals surface area (Å²) >= 11 is 5.99. The Hall–Kier alpha value is -3.25. The van der Waals surface area contributed by atoms with Crippen molar-refractivity contribution in [1.82, 2.24) is 24.9 Å². The average molecular weight is 420 g/mol. The molecule has 6 nitrogen and oxygen atoms in total. The Morgan fingerprint density at radius 3 is 2.57 bits per heavy atom. The van der Waals surface area contributed by atoms with Crippen molar-refractivity contribution in [2.24, 2.45) is 0 Å². The third kappa shape index (κ3) is 4.19. The molecule has 2 aromatic carbocycles. The highest BCUT2D eigenvalue weighted by molar-refractivity contribution is 6.30. The summed E-state index contributed by atoms with van der Waals surface area (Å²) in [5.74, 6) is 0.123. The van der Waals surface area contributed by atoms with Gasteiger partial charge in [-0.3, -0.25) is 4.79 Å². The highest BCUT2D eigenvalue weighted by atomic mass is 35.5. The number of hydrogen-bond acceptors (Lipinski definition) is 4. The summed E-state index contributed by atoms with van der Waals surface area (Å²) in [5.41, 5.74) is 4.19. The zero-order chi connectivity index (χ0) is 21.1. The number of nitrogens with zero attached hydrogens (tertiary/aromatic N) is 4. The van der Waals surface area contributed by atoms with Crippen molar-refractivity contribution in [3.63, 3.8) is 0 Å². The van der Waals surface area contributed by atoms with Crippen LogP contribution in [0.15, 0.2) is 60.9 Å². The first-order valence-corrected chi connectivity index (χ1v) is 10.3. The minimum atomic E-state index is -0.242. The molecule has 0 saturated heterocycles. The lowest BCUT2D eigenvalue weighted by Crippen LogP contribution is -2.28. The zero-order valence-electron chi connectivity index (χ0n) is 16.8. The highest BCUT2D eigenvalue weighted by Gasteiger charge is 2.18. The zero-order valence-corrected chi connectivity index (χ0v) is 17.6. The predicted molar refractivity (Wildman–Crippen MR) is 118 cm³/mol. The van der Waals surface area contributed by atoms with Gasteiger partial charge >= 0.3 is 0 Å². The molecular formula is C23H22ClN5O. The molecule has 0 saturated carbocycles. The first-order valence-electron chi connectivity index (χ1n) is 9.91. The number of benzene rings is 2. The molecule has 7 heteroatoms. The normalized spacial score (nSPS) is 12.1. The summed E-state index contributed by atoms with van der Waals surface area (Å²) in [4.78, 5) is 21.8. The van der Waals surface area contributed by atoms with Crippen molar-refractivity contribution in [3.8, 4) is 11.3 Å². The molecule has 0 aliphatic rings. The van der Waals surface area contributed by atoms with Gasteiger partial charge < -0.3 is 5.32 Å². The van der Waals surface area contributed by atoms with Gasteiger partial charge in [-0.1, -0.05) is 61.3 Å². The van der Waals surface area contributed by atoms with Gasteiger partial charge in [0.2, 0.25) is 0 Å². The van der Waals surface area contributed by atoms with E-state index < -0.39 is 0 Å². The molecular weight excluding hydrogens is 398 g/mol. The highest BCUT2D eigenvalue weighted by Crippen LogP contribution is 2.22. The SMILES string of the molecule is CCCc1ccc(C(C)NC(=O)c2cc(-c3ccc(Cl)cc3)nc3ncnn23)cc1. The first-order chi connectivity index (χ1) is 14.5. The molecule has 1 N–H and O–H groups in total. The van der Waals surface area contributed by atoms with E-state index in [9.17, 15) is 4.79 Å². The molecule has 4 aromatic rings. The van der Waals surface area contributed by atoms with Gasteiger partial charge in [-0.05, 0) is 42.7 Å². The quantitative estimate of drug-likeness (QED) is 0.483. The number of carbonyl (C=O) groups excluding carboxylic acids is 1. The van der Waals surface area contributed by atoms with E-state index in [2.05, 4.69) is 51.6 Å². The van der Waals surface area contributed by atoms with Crippen LogP contribution in [0.1, 0.15) is 47.9 Å². The largest absolute Gasteiger partial charge is 0.344 e. The molecule has 0 spiro atoms. The van der Waals surface area contributed by atoms with Gasteiger partial charge in [-0.25, -0.2) is 4.98 Å². The van der Waals surface area contributed by atoms with E-state index in [1.165, 1.54) is 16.4 Å². The molecule has 1 atom stereocenters. The maximum absolute atomic E-state index is 13.1. The van der Waals surface area contributed by atoms with Crippen molar-refractivity contribution in [1.29, 1.82) is 0 Å². The Balaban J connectivity index is 1.62. The van der Waals surface area contributed by atoms with Crippen molar-refractivity contribution in [2.75, 3.05) is 0 Å². The van der Waals surface area contributed by atoms with Crippen LogP contribution in [-0.2, 0) is 6.42 Å². The van der Waals surface area contributed by atoms with Crippen molar-refractivity contribution < 1.29 is 4.79 Å². The van der Waals surface area contributed by atoms with E-state index in [1.54, 1.807) is 18.2 Å². The van der Waals surface area contributed by atoms with Crippen molar-refractivity contribution in [2.45, 2.75) is 32.7 Å². The number of rotatable bonds is 6. The summed E-state index contributed by atoms with van der Waals surface area (Å²) in [6.45, 7) is 4.13. The number of aromatic nitrogens is 4. The number of halogens is 1. The third-order valence-electron chi connectivity index (χ3n) is 4.99. The fourth-order valence-corrected chi connectivity index (χ4v) is 3.48. The van der Waals surface area contributed by atoms with E-state index in [-0.39, 0.29) is 11.9 Å². The molecule has 1 unspecified atom stereocenters. The molecule has 30 heavy (non-hydrogen) atoms. The maximum atomic E-state index is 13.1. The number of aryl methyl sites for hydroxylation is 1. The average Bonchev–Trinajstić information content (AvgIpc) is 3.23. The fourth-order valence-electron chi connectivity index (χ4n) is 3.36. The summed E-state index contributed by atoms with van der Waals surface area (Å²) in [6.07, 6.45) is 3.55. The van der Waals surface area contributed by atoms with Crippen LogP contribution in [0.25, 0.3) is 17.0 Å². The second-order valence-electron chi connectivity index (χ2n) is 7.19. The summed E-state index contributed by atoms with van der Waals surface area (Å²) in [6, 6.07) is 17.2.